The second-order valence-electron chi connectivity index (χ2n) is 6.34. The van der Waals surface area contributed by atoms with Crippen molar-refractivity contribution in [1.82, 2.24) is 5.32 Å². The molecule has 0 heterocycles. The van der Waals surface area contributed by atoms with Crippen LogP contribution in [0, 0.1) is 6.92 Å². The molecule has 0 unspecified atom stereocenters. The summed E-state index contributed by atoms with van der Waals surface area (Å²) in [6, 6.07) is 22.9. The lowest BCUT2D eigenvalue weighted by atomic mass is 10.0. The second-order valence-corrected chi connectivity index (χ2v) is 6.34. The number of benzene rings is 3. The van der Waals surface area contributed by atoms with Crippen LogP contribution in [0.5, 0.6) is 0 Å². The number of nitrogens with one attached hydrogen (secondary N) is 1. The van der Waals surface area contributed by atoms with Gasteiger partial charge in [0.2, 0.25) is 5.91 Å². The van der Waals surface area contributed by atoms with E-state index in [9.17, 15) is 4.79 Å². The van der Waals surface area contributed by atoms with E-state index in [1.54, 1.807) is 0 Å². The Morgan fingerprint density at radius 2 is 1.67 bits per heavy atom. The summed E-state index contributed by atoms with van der Waals surface area (Å²) >= 11 is 0. The maximum absolute atomic E-state index is 12.3. The number of rotatable bonds is 5. The van der Waals surface area contributed by atoms with Crippen LogP contribution in [0.25, 0.3) is 10.8 Å². The minimum Gasteiger partial charge on any atom is -0.350 e. The van der Waals surface area contributed by atoms with Gasteiger partial charge in [-0.25, -0.2) is 0 Å². The molecule has 1 amide bonds. The van der Waals surface area contributed by atoms with Crippen LogP contribution in [0.1, 0.15) is 36.1 Å². The van der Waals surface area contributed by atoms with Gasteiger partial charge in [0.1, 0.15) is 0 Å². The summed E-state index contributed by atoms with van der Waals surface area (Å²) in [6.45, 7) is 4.09. The zero-order chi connectivity index (χ0) is 16.9. The number of amides is 1. The van der Waals surface area contributed by atoms with Crippen LogP contribution in [-0.2, 0) is 11.2 Å². The fourth-order valence-electron chi connectivity index (χ4n) is 3.01. The molecular formula is C22H23NO. The molecule has 2 heteroatoms. The minimum absolute atomic E-state index is 0.0330. The highest BCUT2D eigenvalue weighted by atomic mass is 16.1. The molecule has 0 bridgehead atoms. The highest BCUT2D eigenvalue weighted by molar-refractivity contribution is 5.86. The third kappa shape index (κ3) is 3.83. The van der Waals surface area contributed by atoms with Gasteiger partial charge in [-0.1, -0.05) is 72.3 Å². The van der Waals surface area contributed by atoms with Crippen molar-refractivity contribution in [2.24, 2.45) is 0 Å². The van der Waals surface area contributed by atoms with Gasteiger partial charge in [0.05, 0.1) is 6.04 Å². The Morgan fingerprint density at radius 1 is 0.958 bits per heavy atom. The van der Waals surface area contributed by atoms with Gasteiger partial charge >= 0.3 is 0 Å². The first kappa shape index (κ1) is 16.3. The van der Waals surface area contributed by atoms with Gasteiger partial charge in [-0.3, -0.25) is 4.79 Å². The van der Waals surface area contributed by atoms with E-state index in [4.69, 9.17) is 0 Å². The summed E-state index contributed by atoms with van der Waals surface area (Å²) in [5.41, 5.74) is 3.60. The Morgan fingerprint density at radius 3 is 2.46 bits per heavy atom. The van der Waals surface area contributed by atoms with Gasteiger partial charge in [0.15, 0.2) is 0 Å². The van der Waals surface area contributed by atoms with Crippen molar-refractivity contribution in [3.8, 4) is 0 Å². The largest absolute Gasteiger partial charge is 0.350 e. The van der Waals surface area contributed by atoms with E-state index in [0.717, 1.165) is 12.0 Å². The van der Waals surface area contributed by atoms with Crippen molar-refractivity contribution in [3.63, 3.8) is 0 Å². The normalized spacial score (nSPS) is 12.1. The molecular weight excluding hydrogens is 294 g/mol. The molecule has 0 aliphatic carbocycles. The fraction of sp³-hybridized carbons (Fsp3) is 0.227. The van der Waals surface area contributed by atoms with Crippen LogP contribution in [0.3, 0.4) is 0 Å². The Kier molecular flexibility index (Phi) is 4.95. The number of aryl methyl sites for hydroxylation is 2. The molecule has 0 saturated carbocycles. The lowest BCUT2D eigenvalue weighted by molar-refractivity contribution is -0.121. The number of hydrogen-bond acceptors (Lipinski definition) is 1. The van der Waals surface area contributed by atoms with Crippen LogP contribution >= 0.6 is 0 Å². The average Bonchev–Trinajstić information content (AvgIpc) is 2.60. The summed E-state index contributed by atoms with van der Waals surface area (Å²) in [7, 11) is 0. The molecule has 3 rings (SSSR count). The van der Waals surface area contributed by atoms with Gasteiger partial charge in [0.25, 0.3) is 0 Å². The van der Waals surface area contributed by atoms with Crippen molar-refractivity contribution < 1.29 is 4.79 Å². The number of carbonyl (C=O) groups is 1. The maximum atomic E-state index is 12.3. The maximum Gasteiger partial charge on any atom is 0.220 e. The van der Waals surface area contributed by atoms with Crippen molar-refractivity contribution >= 4 is 16.7 Å². The first-order valence-corrected chi connectivity index (χ1v) is 8.46. The van der Waals surface area contributed by atoms with Crippen molar-refractivity contribution in [2.75, 3.05) is 0 Å². The predicted molar refractivity (Wildman–Crippen MR) is 100 cm³/mol. The molecule has 2 nitrogen and oxygen atoms in total. The Labute approximate surface area is 143 Å². The van der Waals surface area contributed by atoms with Crippen LogP contribution < -0.4 is 5.32 Å². The van der Waals surface area contributed by atoms with Gasteiger partial charge < -0.3 is 5.32 Å². The molecule has 0 aliphatic rings. The van der Waals surface area contributed by atoms with E-state index < -0.39 is 0 Å². The van der Waals surface area contributed by atoms with E-state index in [0.29, 0.717) is 6.42 Å². The fourth-order valence-corrected chi connectivity index (χ4v) is 3.01. The molecule has 122 valence electrons. The zero-order valence-electron chi connectivity index (χ0n) is 14.3. The standard InChI is InChI=1S/C22H23NO/c1-16-10-12-18(13-11-16)17(2)23-22(24)15-14-20-8-5-7-19-6-3-4-9-21(19)20/h3-13,17H,14-15H2,1-2H3,(H,23,24)/t17-/m0/s1. The summed E-state index contributed by atoms with van der Waals surface area (Å²) in [5.74, 6) is 0.0935. The lowest BCUT2D eigenvalue weighted by Gasteiger charge is -2.15. The second kappa shape index (κ2) is 7.31. The minimum atomic E-state index is 0.0330. The molecule has 0 fully saturated rings. The first-order valence-electron chi connectivity index (χ1n) is 8.46. The quantitative estimate of drug-likeness (QED) is 0.708. The number of hydrogen-bond donors (Lipinski definition) is 1. The number of carbonyl (C=O) groups excluding carboxylic acids is 1. The molecule has 0 aromatic heterocycles. The SMILES string of the molecule is Cc1ccc([C@H](C)NC(=O)CCc2cccc3ccccc23)cc1. The highest BCUT2D eigenvalue weighted by Gasteiger charge is 2.10. The van der Waals surface area contributed by atoms with Crippen LogP contribution in [0.2, 0.25) is 0 Å². The van der Waals surface area contributed by atoms with E-state index >= 15 is 0 Å². The molecule has 24 heavy (non-hydrogen) atoms. The van der Waals surface area contributed by atoms with Crippen molar-refractivity contribution in [1.29, 1.82) is 0 Å². The molecule has 1 atom stereocenters. The van der Waals surface area contributed by atoms with Crippen molar-refractivity contribution in [2.45, 2.75) is 32.7 Å². The average molecular weight is 317 g/mol. The Hall–Kier alpha value is -2.61. The molecule has 3 aromatic carbocycles. The van der Waals surface area contributed by atoms with E-state index in [1.807, 2.05) is 19.1 Å². The van der Waals surface area contributed by atoms with Crippen LogP contribution in [0.15, 0.2) is 66.7 Å². The molecule has 0 saturated heterocycles. The topological polar surface area (TPSA) is 29.1 Å². The predicted octanol–water partition coefficient (Wildman–Crippen LogP) is 4.96. The smallest absolute Gasteiger partial charge is 0.220 e. The van der Waals surface area contributed by atoms with Crippen molar-refractivity contribution in [3.05, 3.63) is 83.4 Å². The molecule has 0 aliphatic heterocycles. The van der Waals surface area contributed by atoms with E-state index in [-0.39, 0.29) is 11.9 Å². The summed E-state index contributed by atoms with van der Waals surface area (Å²) < 4.78 is 0. The van der Waals surface area contributed by atoms with Gasteiger partial charge in [-0.2, -0.15) is 0 Å². The van der Waals surface area contributed by atoms with Crippen LogP contribution in [0.4, 0.5) is 0 Å². The molecule has 0 radical (unpaired) electrons. The third-order valence-corrected chi connectivity index (χ3v) is 4.46. The highest BCUT2D eigenvalue weighted by Crippen LogP contribution is 2.20. The number of fused-ring (bicyclic) bond motifs is 1. The summed E-state index contributed by atoms with van der Waals surface area (Å²) in [5, 5.41) is 5.56. The van der Waals surface area contributed by atoms with Crippen LogP contribution in [-0.4, -0.2) is 5.91 Å². The summed E-state index contributed by atoms with van der Waals surface area (Å²) in [6.07, 6.45) is 1.26. The van der Waals surface area contributed by atoms with Gasteiger partial charge in [0, 0.05) is 6.42 Å². The third-order valence-electron chi connectivity index (χ3n) is 4.46. The molecule has 0 spiro atoms. The molecule has 1 N–H and O–H groups in total. The monoisotopic (exact) mass is 317 g/mol. The zero-order valence-corrected chi connectivity index (χ0v) is 14.3. The molecule has 3 aromatic rings. The summed E-state index contributed by atoms with van der Waals surface area (Å²) in [4.78, 5) is 12.3. The Balaban J connectivity index is 1.62. The first-order chi connectivity index (χ1) is 11.6. The van der Waals surface area contributed by atoms with E-state index in [1.165, 1.54) is 21.9 Å². The Bertz CT molecular complexity index is 831. The van der Waals surface area contributed by atoms with Gasteiger partial charge in [-0.15, -0.1) is 0 Å². The lowest BCUT2D eigenvalue weighted by Crippen LogP contribution is -2.26. The van der Waals surface area contributed by atoms with E-state index in [2.05, 4.69) is 66.8 Å². The van der Waals surface area contributed by atoms with Gasteiger partial charge in [-0.05, 0) is 42.2 Å².